The first kappa shape index (κ1) is 114. The number of hydrogen-bond acceptors (Lipinski definition) is 12. The Labute approximate surface area is 865 Å². The number of furan rings is 2. The van der Waals surface area contributed by atoms with Crippen LogP contribution in [-0.4, -0.2) is 51.4 Å². The van der Waals surface area contributed by atoms with Crippen molar-refractivity contribution in [2.24, 2.45) is 5.92 Å². The maximum absolute atomic E-state index is 7.93. The monoisotopic (exact) mass is 1960 g/mol. The Bertz CT molecular complexity index is 5160. The van der Waals surface area contributed by atoms with Crippen molar-refractivity contribution in [2.75, 3.05) is 26.4 Å². The number of unbranched alkanes of at least 4 members (excludes halogenated alkanes) is 58. The van der Waals surface area contributed by atoms with Crippen molar-refractivity contribution in [3.63, 3.8) is 0 Å². The van der Waals surface area contributed by atoms with Gasteiger partial charge in [-0.2, -0.15) is 15.0 Å². The molecule has 0 saturated carbocycles. The summed E-state index contributed by atoms with van der Waals surface area (Å²) in [5, 5.41) is 18.6. The van der Waals surface area contributed by atoms with Crippen molar-refractivity contribution in [1.82, 2.24) is 25.0 Å². The van der Waals surface area contributed by atoms with Crippen molar-refractivity contribution >= 4 is 77.5 Å². The molecule has 0 fully saturated rings. The molecule has 5 aromatic carbocycles. The fraction of sp³-hybridized carbons (Fsp3) is 0.672. The third-order valence-corrected chi connectivity index (χ3v) is 32.5. The molecule has 6 aromatic heterocycles. The summed E-state index contributed by atoms with van der Waals surface area (Å²) in [5.41, 5.74) is 14.5. The summed E-state index contributed by atoms with van der Waals surface area (Å²) < 4.78 is 43.1. The zero-order chi connectivity index (χ0) is 98.6. The van der Waals surface area contributed by atoms with Crippen molar-refractivity contribution in [3.8, 4) is 77.0 Å². The minimum Gasteiger partial charge on any atom is -0.490 e. The van der Waals surface area contributed by atoms with Gasteiger partial charge in [-0.25, -0.2) is 9.97 Å². The molecule has 0 saturated heterocycles. The highest BCUT2D eigenvalue weighted by Gasteiger charge is 2.32. The van der Waals surface area contributed by atoms with Crippen molar-refractivity contribution in [2.45, 2.75) is 525 Å². The Kier molecular flexibility index (Phi) is 55.8. The van der Waals surface area contributed by atoms with E-state index in [1.165, 1.54) is 379 Å². The topological polar surface area (TPSA) is 120 Å². The maximum atomic E-state index is 7.93. The average Bonchev–Trinajstić information content (AvgIpc) is 1.41. The van der Waals surface area contributed by atoms with E-state index >= 15 is 0 Å². The van der Waals surface area contributed by atoms with Crippen molar-refractivity contribution in [3.05, 3.63) is 107 Å². The first-order chi connectivity index (χ1) is 69.8. The number of rotatable bonds is 86. The first-order valence-corrected chi connectivity index (χ1v) is 61.4. The lowest BCUT2D eigenvalue weighted by Crippen LogP contribution is -2.05. The Morgan fingerprint density at radius 1 is 0.319 bits per heavy atom. The zero-order valence-corrected chi connectivity index (χ0v) is 92.6. The Hall–Kier alpha value is -7.22. The maximum Gasteiger partial charge on any atom is 0.161 e. The highest BCUT2D eigenvalue weighted by molar-refractivity contribution is 7.19. The van der Waals surface area contributed by atoms with E-state index in [0.29, 0.717) is 38.9 Å². The van der Waals surface area contributed by atoms with Gasteiger partial charge in [-0.1, -0.05) is 472 Å². The van der Waals surface area contributed by atoms with Crippen LogP contribution in [0.15, 0.2) is 99.3 Å². The second-order valence-corrected chi connectivity index (χ2v) is 44.4. The Morgan fingerprint density at radius 3 is 1.09 bits per heavy atom. The smallest absolute Gasteiger partial charge is 0.161 e. The van der Waals surface area contributed by atoms with Crippen LogP contribution in [0.1, 0.15) is 516 Å². The van der Waals surface area contributed by atoms with E-state index in [0.717, 1.165) is 225 Å². The zero-order valence-electron chi connectivity index (χ0n) is 91.0. The second kappa shape index (κ2) is 69.0. The largest absolute Gasteiger partial charge is 0.490 e. The summed E-state index contributed by atoms with van der Waals surface area (Å²) in [7, 11) is 0. The fourth-order valence-corrected chi connectivity index (χ4v) is 23.6. The molecule has 0 aliphatic carbocycles. The number of benzene rings is 5. The molecule has 6 heterocycles. The number of aryl methyl sites for hydroxylation is 3. The van der Waals surface area contributed by atoms with Gasteiger partial charge in [-0.3, -0.25) is 0 Å². The van der Waals surface area contributed by atoms with Crippen LogP contribution >= 0.6 is 22.7 Å². The summed E-state index contributed by atoms with van der Waals surface area (Å²) >= 11 is 3.64. The van der Waals surface area contributed by atoms with E-state index < -0.39 is 0 Å². The average molecular weight is 1960 g/mol. The van der Waals surface area contributed by atoms with Gasteiger partial charge in [0.2, 0.25) is 0 Å². The number of aromatic nitrogens is 5. The van der Waals surface area contributed by atoms with Crippen LogP contribution in [0, 0.1) is 5.92 Å². The molecular weight excluding hydrogens is 1770 g/mol. The molecule has 0 amide bonds. The van der Waals surface area contributed by atoms with E-state index in [1.54, 1.807) is 11.3 Å². The molecule has 0 aliphatic heterocycles. The summed E-state index contributed by atoms with van der Waals surface area (Å²) in [6.07, 6.45) is 90.3. The quantitative estimate of drug-likeness (QED) is 0.0341. The van der Waals surface area contributed by atoms with Crippen LogP contribution in [0.4, 0.5) is 0 Å². The molecule has 1 atom stereocenters. The summed E-state index contributed by atoms with van der Waals surface area (Å²) in [6, 6.07) is 29.9. The minimum absolute atomic E-state index is 0.461. The van der Waals surface area contributed by atoms with Gasteiger partial charge in [0.25, 0.3) is 0 Å². The van der Waals surface area contributed by atoms with Crippen LogP contribution in [0.5, 0.6) is 23.0 Å². The molecule has 11 rings (SSSR count). The Balaban J connectivity index is 1.11. The van der Waals surface area contributed by atoms with Crippen LogP contribution in [0.25, 0.3) is 109 Å². The lowest BCUT2D eigenvalue weighted by Gasteiger charge is -2.19. The molecule has 0 radical (unpaired) electrons. The lowest BCUT2D eigenvalue weighted by molar-refractivity contribution is 0.258. The summed E-state index contributed by atoms with van der Waals surface area (Å²) in [6.45, 7) is 24.2. The van der Waals surface area contributed by atoms with Crippen molar-refractivity contribution < 1.29 is 27.8 Å². The van der Waals surface area contributed by atoms with Gasteiger partial charge < -0.3 is 27.8 Å². The molecule has 780 valence electrons. The standard InChI is InChI=1S/C128H195N5O6S2/c1-10-19-27-34-41-46-51-58-65-72-90-133-131-123-117(115-81-77-95-140-115)121-122(118(124(123)132-133)116-99-105(96-101(18-9)78-26-17-8)128(141-116)127-107(80-71-64-57-40-33-25-16-7)109-87-86-108-110(126(109)139-127)85-84-106-104(100-138-125(106)108)79-70-63-56-39-32-24-15-6)130-120(103-83-89-112(135-92-74-67-60-53-48-43-36-29-21-12-3)114(98-103)137-94-76-69-62-55-50-45-38-31-23-14-5)119(129-121)102-82-88-111(134-91-73-66-59-52-47-42-35-28-20-11-2)113(97-102)136-93-75-68-61-54-49-44-37-30-22-13-4/h77,81-89,95,97-101H,10-76,78-80,90-94,96H2,1-9H3. The molecule has 11 nitrogen and oxygen atoms in total. The van der Waals surface area contributed by atoms with Gasteiger partial charge in [0.05, 0.1) is 55.5 Å². The molecule has 141 heavy (non-hydrogen) atoms. The normalized spacial score (nSPS) is 12.1. The predicted molar refractivity (Wildman–Crippen MR) is 612 cm³/mol. The van der Waals surface area contributed by atoms with E-state index in [9.17, 15) is 0 Å². The van der Waals surface area contributed by atoms with Crippen LogP contribution < -0.4 is 18.9 Å². The lowest BCUT2D eigenvalue weighted by atomic mass is 9.90. The molecule has 11 aromatic rings. The number of thiophene rings is 2. The van der Waals surface area contributed by atoms with Gasteiger partial charge in [0, 0.05) is 59.1 Å². The SMILES string of the molecule is CCCCCCCCCCCCOc1ccc(-c2nc3c(-c4cccs4)c4nn(CCCCCCCCCCCC)nc4c(-c4cc(CC(CC)CCCC)c(-c5oc6c(ccc7c6ccc6c(CCCCCCCCC)coc67)c5CCCCCCCCC)s4)c3nc2-c2ccc(OCCCCCCCCCCCC)c(OCCCCCCCCCCCC)c2)cc1OCCCCCCCCCCCC. The number of fused-ring (bicyclic) bond motifs is 7. The number of ether oxygens (including phenoxy) is 4. The molecule has 1 unspecified atom stereocenters. The Morgan fingerprint density at radius 2 is 0.681 bits per heavy atom. The van der Waals surface area contributed by atoms with Gasteiger partial charge in [0.15, 0.2) is 23.0 Å². The first-order valence-electron chi connectivity index (χ1n) is 59.7. The van der Waals surface area contributed by atoms with E-state index in [4.69, 9.17) is 47.9 Å². The number of hydrogen-bond donors (Lipinski definition) is 0. The van der Waals surface area contributed by atoms with Crippen LogP contribution in [0.3, 0.4) is 0 Å². The third-order valence-electron chi connectivity index (χ3n) is 30.4. The van der Waals surface area contributed by atoms with Gasteiger partial charge in [-0.15, -0.1) is 22.7 Å². The van der Waals surface area contributed by atoms with Gasteiger partial charge in [0.1, 0.15) is 39.0 Å². The fourth-order valence-electron chi connectivity index (χ4n) is 21.5. The van der Waals surface area contributed by atoms with Crippen LogP contribution in [-0.2, 0) is 25.8 Å². The second-order valence-electron chi connectivity index (χ2n) is 42.4. The molecule has 0 aliphatic rings. The van der Waals surface area contributed by atoms with E-state index in [-0.39, 0.29) is 0 Å². The predicted octanol–water partition coefficient (Wildman–Crippen LogP) is 42.9. The van der Waals surface area contributed by atoms with Gasteiger partial charge >= 0.3 is 0 Å². The molecular formula is C128H195N5O6S2. The highest BCUT2D eigenvalue weighted by Crippen LogP contribution is 2.52. The summed E-state index contributed by atoms with van der Waals surface area (Å²) in [4.78, 5) is 18.3. The molecule has 13 heteroatoms. The molecule has 0 bridgehead atoms. The number of nitrogens with zero attached hydrogens (tertiary/aromatic N) is 5. The third kappa shape index (κ3) is 37.9. The van der Waals surface area contributed by atoms with Gasteiger partial charge in [-0.05, 0) is 147 Å². The van der Waals surface area contributed by atoms with E-state index in [2.05, 4.69) is 158 Å². The van der Waals surface area contributed by atoms with Crippen molar-refractivity contribution in [1.29, 1.82) is 0 Å². The summed E-state index contributed by atoms with van der Waals surface area (Å²) in [5.74, 6) is 4.56. The molecule has 0 spiro atoms. The van der Waals surface area contributed by atoms with Crippen LogP contribution in [0.2, 0.25) is 0 Å². The highest BCUT2D eigenvalue weighted by atomic mass is 32.1. The minimum atomic E-state index is 0.461. The van der Waals surface area contributed by atoms with E-state index in [1.807, 2.05) is 11.3 Å². The molecule has 0 N–H and O–H groups in total.